The predicted octanol–water partition coefficient (Wildman–Crippen LogP) is 7.06. The Labute approximate surface area is 245 Å². The maximum atomic E-state index is 13.8. The molecule has 1 N–H and O–H groups in total. The van der Waals surface area contributed by atoms with Gasteiger partial charge in [0.25, 0.3) is 5.91 Å². The largest absolute Gasteiger partial charge is 0.497 e. The number of nitrogens with zero attached hydrogens (tertiary/aromatic N) is 2. The van der Waals surface area contributed by atoms with Gasteiger partial charge < -0.3 is 14.8 Å². The third-order valence-corrected chi connectivity index (χ3v) is 7.76. The zero-order valence-electron chi connectivity index (χ0n) is 24.2. The van der Waals surface area contributed by atoms with Crippen LogP contribution in [0.3, 0.4) is 0 Å². The quantitative estimate of drug-likeness (QED) is 0.254. The summed E-state index contributed by atoms with van der Waals surface area (Å²) in [5.74, 6) is -0.0734. The van der Waals surface area contributed by atoms with Crippen LogP contribution in [-0.2, 0) is 16.0 Å². The summed E-state index contributed by atoms with van der Waals surface area (Å²) in [6.45, 7) is 6.15. The van der Waals surface area contributed by atoms with Crippen LogP contribution in [-0.4, -0.2) is 30.6 Å². The molecule has 1 aliphatic carbocycles. The molecular weight excluding hydrogens is 526 g/mol. The van der Waals surface area contributed by atoms with Crippen molar-refractivity contribution in [2.75, 3.05) is 19.0 Å². The molecule has 7 nitrogen and oxygen atoms in total. The first-order valence-electron chi connectivity index (χ1n) is 13.9. The van der Waals surface area contributed by atoms with Gasteiger partial charge in [-0.05, 0) is 77.3 Å². The first-order chi connectivity index (χ1) is 20.2. The third-order valence-electron chi connectivity index (χ3n) is 7.76. The first-order valence-corrected chi connectivity index (χ1v) is 13.9. The lowest BCUT2D eigenvalue weighted by Crippen LogP contribution is -2.29. The number of rotatable bonds is 6. The number of benzene rings is 3. The molecule has 5 rings (SSSR count). The summed E-state index contributed by atoms with van der Waals surface area (Å²) in [7, 11) is 1.64. The van der Waals surface area contributed by atoms with E-state index in [9.17, 15) is 14.9 Å². The summed E-state index contributed by atoms with van der Waals surface area (Å²) in [5, 5.41) is 12.7. The van der Waals surface area contributed by atoms with Crippen LogP contribution in [0.4, 0.5) is 5.69 Å². The fourth-order valence-corrected chi connectivity index (χ4v) is 5.35. The number of para-hydroxylation sites is 2. The van der Waals surface area contributed by atoms with Crippen LogP contribution >= 0.6 is 0 Å². The molecule has 1 unspecified atom stereocenters. The molecule has 1 aliphatic rings. The van der Waals surface area contributed by atoms with E-state index in [1.54, 1.807) is 31.4 Å². The molecule has 0 saturated heterocycles. The number of allylic oxidation sites excluding steroid dienone is 1. The van der Waals surface area contributed by atoms with E-state index in [2.05, 4.69) is 32.2 Å². The topological polar surface area (TPSA) is 101 Å². The number of carbonyl (C=O) groups excluding carboxylic acids is 2. The van der Waals surface area contributed by atoms with Gasteiger partial charge in [0, 0.05) is 5.39 Å². The van der Waals surface area contributed by atoms with Crippen molar-refractivity contribution in [3.05, 3.63) is 101 Å². The zero-order valence-corrected chi connectivity index (χ0v) is 24.2. The van der Waals surface area contributed by atoms with E-state index in [4.69, 9.17) is 14.5 Å². The molecule has 0 bridgehead atoms. The van der Waals surface area contributed by atoms with Crippen molar-refractivity contribution in [1.82, 2.24) is 4.98 Å². The van der Waals surface area contributed by atoms with Crippen LogP contribution in [0.25, 0.3) is 22.6 Å². The molecule has 0 fully saturated rings. The van der Waals surface area contributed by atoms with E-state index in [1.807, 2.05) is 54.6 Å². The number of ether oxygens (including phenoxy) is 2. The highest BCUT2D eigenvalue weighted by atomic mass is 16.5. The van der Waals surface area contributed by atoms with Crippen LogP contribution in [0.2, 0.25) is 0 Å². The maximum Gasteiger partial charge on any atom is 0.339 e. The number of carbonyl (C=O) groups is 2. The van der Waals surface area contributed by atoms with Gasteiger partial charge >= 0.3 is 5.97 Å². The van der Waals surface area contributed by atoms with Crippen molar-refractivity contribution in [2.45, 2.75) is 33.6 Å². The fraction of sp³-hybridized carbons (Fsp3) is 0.257. The number of fused-ring (bicyclic) bond motifs is 2. The van der Waals surface area contributed by atoms with E-state index in [-0.39, 0.29) is 11.3 Å². The maximum absolute atomic E-state index is 13.8. The van der Waals surface area contributed by atoms with Crippen LogP contribution in [0.1, 0.15) is 59.9 Å². The zero-order chi connectivity index (χ0) is 29.9. The molecular formula is C35H33N3O4. The first kappa shape index (κ1) is 28.6. The molecule has 0 aliphatic heterocycles. The van der Waals surface area contributed by atoms with Crippen molar-refractivity contribution in [2.24, 2.45) is 11.3 Å². The van der Waals surface area contributed by atoms with Crippen LogP contribution in [0, 0.1) is 22.7 Å². The van der Waals surface area contributed by atoms with E-state index < -0.39 is 18.5 Å². The minimum atomic E-state index is -0.577. The van der Waals surface area contributed by atoms with E-state index in [0.717, 1.165) is 34.6 Å². The molecule has 4 aromatic rings. The molecule has 1 amide bonds. The Morgan fingerprint density at radius 2 is 1.74 bits per heavy atom. The normalized spacial score (nSPS) is 15.5. The molecule has 1 atom stereocenters. The number of hydrogen-bond donors (Lipinski definition) is 1. The predicted molar refractivity (Wildman–Crippen MR) is 164 cm³/mol. The second-order valence-electron chi connectivity index (χ2n) is 11.5. The fourth-order valence-electron chi connectivity index (χ4n) is 5.35. The second-order valence-corrected chi connectivity index (χ2v) is 11.5. The monoisotopic (exact) mass is 559 g/mol. The third kappa shape index (κ3) is 6.03. The Bertz CT molecular complexity index is 1730. The summed E-state index contributed by atoms with van der Waals surface area (Å²) >= 11 is 0. The van der Waals surface area contributed by atoms with Crippen LogP contribution in [0.15, 0.2) is 72.8 Å². The number of pyridine rings is 1. The average molecular weight is 560 g/mol. The smallest absolute Gasteiger partial charge is 0.339 e. The van der Waals surface area contributed by atoms with Crippen molar-refractivity contribution < 1.29 is 19.1 Å². The van der Waals surface area contributed by atoms with Crippen molar-refractivity contribution in [1.29, 1.82) is 5.26 Å². The minimum Gasteiger partial charge on any atom is -0.497 e. The molecule has 0 saturated carbocycles. The van der Waals surface area contributed by atoms with Crippen molar-refractivity contribution >= 4 is 40.1 Å². The molecule has 1 aromatic heterocycles. The van der Waals surface area contributed by atoms with Gasteiger partial charge in [-0.25, -0.2) is 9.78 Å². The van der Waals surface area contributed by atoms with Gasteiger partial charge in [0.15, 0.2) is 6.61 Å². The summed E-state index contributed by atoms with van der Waals surface area (Å²) in [6, 6.07) is 24.1. The van der Waals surface area contributed by atoms with Gasteiger partial charge in [-0.3, -0.25) is 4.79 Å². The molecule has 0 radical (unpaired) electrons. The number of hydrogen-bond acceptors (Lipinski definition) is 6. The van der Waals surface area contributed by atoms with Gasteiger partial charge in [-0.15, -0.1) is 0 Å². The van der Waals surface area contributed by atoms with Crippen LogP contribution < -0.4 is 10.1 Å². The van der Waals surface area contributed by atoms with Crippen molar-refractivity contribution in [3.8, 4) is 11.8 Å². The number of esters is 1. The highest BCUT2D eigenvalue weighted by Gasteiger charge is 2.35. The second kappa shape index (κ2) is 11.9. The number of methoxy groups -OCH3 is 1. The number of amides is 1. The van der Waals surface area contributed by atoms with E-state index in [1.165, 1.54) is 0 Å². The Kier molecular flexibility index (Phi) is 8.08. The molecule has 3 aromatic carbocycles. The standard InChI is InChI=1S/C35H33N3O4/c1-35(2,3)25-18-24(17-22-13-15-26(41-4)16-14-22)33-28(19-25)32(27-10-6-8-12-30(27)38-33)34(40)42-21-31(39)37-29-11-7-5-9-23(29)20-36/h5-17,25H,18-19,21H2,1-4H3,(H,37,39). The molecule has 42 heavy (non-hydrogen) atoms. The highest BCUT2D eigenvalue weighted by molar-refractivity contribution is 6.07. The molecule has 7 heteroatoms. The van der Waals surface area contributed by atoms with Gasteiger partial charge in [0.2, 0.25) is 0 Å². The lowest BCUT2D eigenvalue weighted by atomic mass is 9.69. The lowest BCUT2D eigenvalue weighted by Gasteiger charge is -2.36. The summed E-state index contributed by atoms with van der Waals surface area (Å²) < 4.78 is 10.9. The lowest BCUT2D eigenvalue weighted by molar-refractivity contribution is -0.119. The minimum absolute atomic E-state index is 0.0302. The summed E-state index contributed by atoms with van der Waals surface area (Å²) in [4.78, 5) is 31.6. The number of nitrogens with one attached hydrogen (secondary N) is 1. The van der Waals surface area contributed by atoms with E-state index in [0.29, 0.717) is 34.1 Å². The summed E-state index contributed by atoms with van der Waals surface area (Å²) in [5.41, 5.74) is 5.47. The highest BCUT2D eigenvalue weighted by Crippen LogP contribution is 2.45. The Morgan fingerprint density at radius 1 is 1.02 bits per heavy atom. The van der Waals surface area contributed by atoms with Gasteiger partial charge in [0.05, 0.1) is 35.1 Å². The molecule has 212 valence electrons. The van der Waals surface area contributed by atoms with Crippen molar-refractivity contribution in [3.63, 3.8) is 0 Å². The van der Waals surface area contributed by atoms with Gasteiger partial charge in [0.1, 0.15) is 11.8 Å². The number of nitriles is 1. The number of aromatic nitrogens is 1. The Morgan fingerprint density at radius 3 is 2.45 bits per heavy atom. The average Bonchev–Trinajstić information content (AvgIpc) is 2.99. The number of anilines is 1. The van der Waals surface area contributed by atoms with E-state index >= 15 is 0 Å². The SMILES string of the molecule is COc1ccc(C=C2CC(C(C)(C)C)Cc3c2nc2ccccc2c3C(=O)OCC(=O)Nc2ccccc2C#N)cc1. The molecule has 0 spiro atoms. The Hall–Kier alpha value is -4.96. The summed E-state index contributed by atoms with van der Waals surface area (Å²) in [6.07, 6.45) is 3.60. The van der Waals surface area contributed by atoms with Gasteiger partial charge in [-0.2, -0.15) is 5.26 Å². The molecule has 1 heterocycles. The van der Waals surface area contributed by atoms with Crippen LogP contribution in [0.5, 0.6) is 5.75 Å². The Balaban J connectivity index is 1.54. The van der Waals surface area contributed by atoms with Gasteiger partial charge in [-0.1, -0.05) is 63.2 Å².